The number of carbonyl (C=O) groups is 1. The van der Waals surface area contributed by atoms with E-state index in [2.05, 4.69) is 15.9 Å². The second-order valence-electron chi connectivity index (χ2n) is 6.34. The number of phenolic OH excluding ortho intramolecular Hbond substituents is 1. The molecule has 0 bridgehead atoms. The summed E-state index contributed by atoms with van der Waals surface area (Å²) in [6, 6.07) is 9.33. The summed E-state index contributed by atoms with van der Waals surface area (Å²) >= 11 is 3.46. The van der Waals surface area contributed by atoms with Crippen molar-refractivity contribution in [1.82, 2.24) is 4.90 Å². The van der Waals surface area contributed by atoms with Gasteiger partial charge in [-0.3, -0.25) is 4.79 Å². The Kier molecular flexibility index (Phi) is 4.54. The molecular weight excluding hydrogens is 370 g/mol. The number of carbonyl (C=O) groups excluding carboxylic acids is 1. The zero-order valence-corrected chi connectivity index (χ0v) is 15.6. The number of hydrogen-bond donors (Lipinski definition) is 1. The molecule has 0 radical (unpaired) electrons. The van der Waals surface area contributed by atoms with E-state index in [1.165, 1.54) is 6.07 Å². The molecule has 3 rings (SSSR count). The van der Waals surface area contributed by atoms with Crippen LogP contribution in [-0.2, 0) is 13.1 Å². The Hall–Kier alpha value is -2.01. The number of ether oxygens (including phenoxy) is 1. The van der Waals surface area contributed by atoms with Crippen molar-refractivity contribution in [2.24, 2.45) is 0 Å². The van der Waals surface area contributed by atoms with Crippen molar-refractivity contribution in [3.63, 3.8) is 0 Å². The highest BCUT2D eigenvalue weighted by atomic mass is 79.9. The van der Waals surface area contributed by atoms with Crippen LogP contribution in [0.3, 0.4) is 0 Å². The van der Waals surface area contributed by atoms with Crippen molar-refractivity contribution >= 4 is 21.8 Å². The highest BCUT2D eigenvalue weighted by molar-refractivity contribution is 9.10. The van der Waals surface area contributed by atoms with Gasteiger partial charge in [0.2, 0.25) is 0 Å². The van der Waals surface area contributed by atoms with E-state index in [0.717, 1.165) is 21.2 Å². The van der Waals surface area contributed by atoms with Gasteiger partial charge >= 0.3 is 0 Å². The SMILES string of the molecule is COc1cc(O)c(C(=O)N2Cc3ccc(Br)cc3C2)cc1C(C)C. The van der Waals surface area contributed by atoms with Gasteiger partial charge in [-0.1, -0.05) is 35.8 Å². The monoisotopic (exact) mass is 389 g/mol. The molecule has 2 aromatic carbocycles. The third-order valence-corrected chi connectivity index (χ3v) is 4.87. The molecule has 1 amide bonds. The molecule has 1 aliphatic rings. The number of fused-ring (bicyclic) bond motifs is 1. The van der Waals surface area contributed by atoms with Crippen LogP contribution in [0.25, 0.3) is 0 Å². The summed E-state index contributed by atoms with van der Waals surface area (Å²) in [7, 11) is 1.57. The first-order valence-electron chi connectivity index (χ1n) is 7.88. The lowest BCUT2D eigenvalue weighted by atomic mass is 9.98. The van der Waals surface area contributed by atoms with Crippen molar-refractivity contribution in [2.45, 2.75) is 32.9 Å². The number of hydrogen-bond acceptors (Lipinski definition) is 3. The molecule has 2 aromatic rings. The third kappa shape index (κ3) is 3.00. The highest BCUT2D eigenvalue weighted by Crippen LogP contribution is 2.35. The predicted molar refractivity (Wildman–Crippen MR) is 96.5 cm³/mol. The maximum Gasteiger partial charge on any atom is 0.258 e. The molecule has 126 valence electrons. The standard InChI is InChI=1S/C19H20BrNO3/c1-11(2)15-7-16(17(22)8-18(15)24-3)19(23)21-9-12-4-5-14(20)6-13(12)10-21/h4-8,11,22H,9-10H2,1-3H3. The molecule has 0 unspecified atom stereocenters. The van der Waals surface area contributed by atoms with E-state index in [4.69, 9.17) is 4.74 Å². The van der Waals surface area contributed by atoms with Crippen molar-refractivity contribution < 1.29 is 14.6 Å². The quantitative estimate of drug-likeness (QED) is 0.843. The van der Waals surface area contributed by atoms with E-state index in [1.807, 2.05) is 32.0 Å². The van der Waals surface area contributed by atoms with Gasteiger partial charge in [-0.05, 0) is 40.8 Å². The van der Waals surface area contributed by atoms with Gasteiger partial charge in [0.25, 0.3) is 5.91 Å². The molecule has 24 heavy (non-hydrogen) atoms. The van der Waals surface area contributed by atoms with Crippen LogP contribution in [0.2, 0.25) is 0 Å². The Balaban J connectivity index is 1.93. The van der Waals surface area contributed by atoms with Gasteiger partial charge < -0.3 is 14.7 Å². The van der Waals surface area contributed by atoms with Crippen LogP contribution in [0.15, 0.2) is 34.8 Å². The fraction of sp³-hybridized carbons (Fsp3) is 0.316. The number of amides is 1. The lowest BCUT2D eigenvalue weighted by Gasteiger charge is -2.19. The zero-order chi connectivity index (χ0) is 17.4. The smallest absolute Gasteiger partial charge is 0.258 e. The minimum Gasteiger partial charge on any atom is -0.507 e. The Bertz CT molecular complexity index is 801. The van der Waals surface area contributed by atoms with E-state index >= 15 is 0 Å². The first-order chi connectivity index (χ1) is 11.4. The van der Waals surface area contributed by atoms with E-state index in [9.17, 15) is 9.90 Å². The maximum absolute atomic E-state index is 12.9. The Morgan fingerprint density at radius 1 is 1.21 bits per heavy atom. The van der Waals surface area contributed by atoms with Crippen LogP contribution in [0.1, 0.15) is 46.8 Å². The summed E-state index contributed by atoms with van der Waals surface area (Å²) in [5, 5.41) is 10.3. The Morgan fingerprint density at radius 2 is 1.92 bits per heavy atom. The average molecular weight is 390 g/mol. The minimum absolute atomic E-state index is 0.0432. The Morgan fingerprint density at radius 3 is 2.58 bits per heavy atom. The molecular formula is C19H20BrNO3. The molecule has 1 aliphatic heterocycles. The summed E-state index contributed by atoms with van der Waals surface area (Å²) in [5.41, 5.74) is 3.52. The molecule has 0 atom stereocenters. The van der Waals surface area contributed by atoms with Gasteiger partial charge in [0.05, 0.1) is 12.7 Å². The van der Waals surface area contributed by atoms with E-state index in [-0.39, 0.29) is 17.6 Å². The van der Waals surface area contributed by atoms with Crippen molar-refractivity contribution in [3.05, 3.63) is 57.1 Å². The minimum atomic E-state index is -0.163. The summed E-state index contributed by atoms with van der Waals surface area (Å²) in [5.74, 6) is 0.592. The fourth-order valence-electron chi connectivity index (χ4n) is 3.06. The topological polar surface area (TPSA) is 49.8 Å². The molecule has 0 aliphatic carbocycles. The van der Waals surface area contributed by atoms with Crippen molar-refractivity contribution in [1.29, 1.82) is 0 Å². The molecule has 1 N–H and O–H groups in total. The second-order valence-corrected chi connectivity index (χ2v) is 7.26. The van der Waals surface area contributed by atoms with Gasteiger partial charge in [0.15, 0.2) is 0 Å². The summed E-state index contributed by atoms with van der Waals surface area (Å²) in [4.78, 5) is 14.7. The number of aromatic hydroxyl groups is 1. The first-order valence-corrected chi connectivity index (χ1v) is 8.67. The molecule has 4 nitrogen and oxygen atoms in total. The maximum atomic E-state index is 12.9. The number of nitrogens with zero attached hydrogens (tertiary/aromatic N) is 1. The molecule has 0 spiro atoms. The van der Waals surface area contributed by atoms with E-state index in [1.54, 1.807) is 18.1 Å². The van der Waals surface area contributed by atoms with Crippen molar-refractivity contribution in [2.75, 3.05) is 7.11 Å². The summed E-state index contributed by atoms with van der Waals surface area (Å²) < 4.78 is 6.33. The van der Waals surface area contributed by atoms with E-state index in [0.29, 0.717) is 24.4 Å². The largest absolute Gasteiger partial charge is 0.507 e. The lowest BCUT2D eigenvalue weighted by Crippen LogP contribution is -2.25. The van der Waals surface area contributed by atoms with Crippen LogP contribution in [-0.4, -0.2) is 23.0 Å². The van der Waals surface area contributed by atoms with Gasteiger partial charge in [-0.2, -0.15) is 0 Å². The molecule has 1 heterocycles. The highest BCUT2D eigenvalue weighted by Gasteiger charge is 2.27. The summed E-state index contributed by atoms with van der Waals surface area (Å²) in [6.45, 7) is 5.18. The average Bonchev–Trinajstić information content (AvgIpc) is 2.96. The van der Waals surface area contributed by atoms with Crippen LogP contribution in [0, 0.1) is 0 Å². The first kappa shape index (κ1) is 16.8. The zero-order valence-electron chi connectivity index (χ0n) is 14.0. The number of rotatable bonds is 3. The predicted octanol–water partition coefficient (Wildman–Crippen LogP) is 4.44. The van der Waals surface area contributed by atoms with Gasteiger partial charge in [0.1, 0.15) is 11.5 Å². The molecule has 0 saturated carbocycles. The third-order valence-electron chi connectivity index (χ3n) is 4.38. The van der Waals surface area contributed by atoms with Crippen LogP contribution < -0.4 is 4.74 Å². The second kappa shape index (κ2) is 6.48. The van der Waals surface area contributed by atoms with Crippen molar-refractivity contribution in [3.8, 4) is 11.5 Å². The van der Waals surface area contributed by atoms with Crippen LogP contribution in [0.5, 0.6) is 11.5 Å². The van der Waals surface area contributed by atoms with Gasteiger partial charge in [-0.15, -0.1) is 0 Å². The molecule has 0 aromatic heterocycles. The lowest BCUT2D eigenvalue weighted by molar-refractivity contribution is 0.0748. The Labute approximate surface area is 150 Å². The molecule has 0 fully saturated rings. The van der Waals surface area contributed by atoms with Crippen LogP contribution in [0.4, 0.5) is 0 Å². The van der Waals surface area contributed by atoms with Crippen LogP contribution >= 0.6 is 15.9 Å². The number of halogens is 1. The van der Waals surface area contributed by atoms with Gasteiger partial charge in [-0.25, -0.2) is 0 Å². The van der Waals surface area contributed by atoms with E-state index < -0.39 is 0 Å². The molecule has 0 saturated heterocycles. The number of methoxy groups -OCH3 is 1. The summed E-state index contributed by atoms with van der Waals surface area (Å²) in [6.07, 6.45) is 0. The number of phenols is 1. The fourth-order valence-corrected chi connectivity index (χ4v) is 3.47. The number of benzene rings is 2. The normalized spacial score (nSPS) is 13.3. The van der Waals surface area contributed by atoms with Gasteiger partial charge in [0, 0.05) is 23.6 Å². The molecule has 5 heteroatoms.